The third kappa shape index (κ3) is 5.13. The molecule has 6 heteroatoms. The molecule has 0 aliphatic heterocycles. The quantitative estimate of drug-likeness (QED) is 0.895. The summed E-state index contributed by atoms with van der Waals surface area (Å²) >= 11 is 0. The third-order valence-corrected chi connectivity index (χ3v) is 2.54. The molecule has 0 heterocycles. The molecule has 0 saturated carbocycles. The molecule has 20 heavy (non-hydrogen) atoms. The van der Waals surface area contributed by atoms with Crippen molar-refractivity contribution in [3.63, 3.8) is 0 Å². The highest BCUT2D eigenvalue weighted by Gasteiger charge is 2.18. The molecule has 0 spiro atoms. The summed E-state index contributed by atoms with van der Waals surface area (Å²) in [5, 5.41) is 5.51. The van der Waals surface area contributed by atoms with Crippen LogP contribution in [0.25, 0.3) is 0 Å². The monoisotopic (exact) mass is 286 g/mol. The Morgan fingerprint density at radius 1 is 1.30 bits per heavy atom. The van der Waals surface area contributed by atoms with Crippen LogP contribution in [-0.2, 0) is 4.74 Å². The van der Waals surface area contributed by atoms with Crippen LogP contribution in [0.15, 0.2) is 18.2 Å². The van der Waals surface area contributed by atoms with Crippen molar-refractivity contribution in [1.82, 2.24) is 10.6 Å². The molecule has 1 amide bonds. The van der Waals surface area contributed by atoms with Crippen molar-refractivity contribution in [3.8, 4) is 0 Å². The molecule has 1 rings (SSSR count). The highest BCUT2D eigenvalue weighted by molar-refractivity contribution is 5.67. The summed E-state index contributed by atoms with van der Waals surface area (Å²) in [5.41, 5.74) is -0.0382. The van der Waals surface area contributed by atoms with Crippen LogP contribution in [0.3, 0.4) is 0 Å². The van der Waals surface area contributed by atoms with E-state index in [1.165, 1.54) is 6.07 Å². The van der Waals surface area contributed by atoms with E-state index in [2.05, 4.69) is 10.6 Å². The summed E-state index contributed by atoms with van der Waals surface area (Å²) in [5.74, 6) is -1.82. The Morgan fingerprint density at radius 2 is 1.95 bits per heavy atom. The number of nitrogens with one attached hydrogen (secondary N) is 2. The van der Waals surface area contributed by atoms with Gasteiger partial charge in [-0.25, -0.2) is 13.6 Å². The molecule has 0 radical (unpaired) electrons. The van der Waals surface area contributed by atoms with Gasteiger partial charge in [-0.2, -0.15) is 0 Å². The van der Waals surface area contributed by atoms with Gasteiger partial charge in [0.25, 0.3) is 0 Å². The number of alkyl carbamates (subject to hydrolysis) is 1. The lowest BCUT2D eigenvalue weighted by atomic mass is 10.1. The average Bonchev–Trinajstić information content (AvgIpc) is 2.32. The highest BCUT2D eigenvalue weighted by atomic mass is 19.2. The van der Waals surface area contributed by atoms with Crippen LogP contribution in [0, 0.1) is 11.6 Å². The van der Waals surface area contributed by atoms with Crippen LogP contribution in [0.2, 0.25) is 0 Å². The van der Waals surface area contributed by atoms with Gasteiger partial charge in [0.2, 0.25) is 0 Å². The largest absolute Gasteiger partial charge is 0.444 e. The van der Waals surface area contributed by atoms with E-state index in [-0.39, 0.29) is 12.6 Å². The average molecular weight is 286 g/mol. The molecule has 1 atom stereocenters. The molecule has 0 aliphatic carbocycles. The van der Waals surface area contributed by atoms with Gasteiger partial charge in [-0.15, -0.1) is 0 Å². The Kier molecular flexibility index (Phi) is 5.44. The number of likely N-dealkylation sites (N-methyl/N-ethyl adjacent to an activating group) is 1. The van der Waals surface area contributed by atoms with Crippen LogP contribution in [0.1, 0.15) is 32.4 Å². The number of ether oxygens (including phenoxy) is 1. The predicted octanol–water partition coefficient (Wildman–Crippen LogP) is 2.75. The van der Waals surface area contributed by atoms with Gasteiger partial charge in [0.05, 0.1) is 0 Å². The first-order chi connectivity index (χ1) is 9.23. The van der Waals surface area contributed by atoms with E-state index < -0.39 is 23.3 Å². The molecule has 0 aromatic heterocycles. The van der Waals surface area contributed by atoms with Crippen LogP contribution in [0.5, 0.6) is 0 Å². The van der Waals surface area contributed by atoms with Crippen molar-refractivity contribution < 1.29 is 18.3 Å². The van der Waals surface area contributed by atoms with Gasteiger partial charge in [-0.05, 0) is 45.5 Å². The number of hydrogen-bond donors (Lipinski definition) is 2. The van der Waals surface area contributed by atoms with Crippen molar-refractivity contribution >= 4 is 6.09 Å². The Bertz CT molecular complexity index is 473. The molecule has 0 aliphatic rings. The fourth-order valence-corrected chi connectivity index (χ4v) is 1.62. The molecule has 0 bridgehead atoms. The maximum atomic E-state index is 13.2. The number of rotatable bonds is 4. The Labute approximate surface area is 117 Å². The molecule has 0 saturated heterocycles. The van der Waals surface area contributed by atoms with Crippen molar-refractivity contribution in [2.75, 3.05) is 13.6 Å². The van der Waals surface area contributed by atoms with E-state index in [1.807, 2.05) is 0 Å². The van der Waals surface area contributed by atoms with Gasteiger partial charge in [0.1, 0.15) is 5.60 Å². The second-order valence-electron chi connectivity index (χ2n) is 5.40. The summed E-state index contributed by atoms with van der Waals surface area (Å²) in [4.78, 5) is 11.5. The summed E-state index contributed by atoms with van der Waals surface area (Å²) in [6.45, 7) is 5.49. The van der Waals surface area contributed by atoms with Gasteiger partial charge in [-0.3, -0.25) is 0 Å². The molecule has 4 nitrogen and oxygen atoms in total. The molecule has 1 aromatic carbocycles. The van der Waals surface area contributed by atoms with Crippen molar-refractivity contribution in [1.29, 1.82) is 0 Å². The van der Waals surface area contributed by atoms with E-state index in [9.17, 15) is 13.6 Å². The van der Waals surface area contributed by atoms with Gasteiger partial charge >= 0.3 is 6.09 Å². The van der Waals surface area contributed by atoms with Crippen molar-refractivity contribution in [3.05, 3.63) is 35.4 Å². The zero-order chi connectivity index (χ0) is 15.3. The first-order valence-corrected chi connectivity index (χ1v) is 6.32. The molecule has 0 fully saturated rings. The van der Waals surface area contributed by atoms with Crippen LogP contribution in [0.4, 0.5) is 13.6 Å². The molecule has 2 N–H and O–H groups in total. The lowest BCUT2D eigenvalue weighted by molar-refractivity contribution is 0.0523. The SMILES string of the molecule is CNC(CNC(=O)OC(C)(C)C)c1ccc(F)c(F)c1. The summed E-state index contributed by atoms with van der Waals surface area (Å²) < 4.78 is 31.2. The number of hydrogen-bond acceptors (Lipinski definition) is 3. The zero-order valence-electron chi connectivity index (χ0n) is 12.1. The Balaban J connectivity index is 2.63. The summed E-state index contributed by atoms with van der Waals surface area (Å²) in [6, 6.07) is 3.30. The number of amides is 1. The first kappa shape index (κ1) is 16.4. The highest BCUT2D eigenvalue weighted by Crippen LogP contribution is 2.16. The van der Waals surface area contributed by atoms with Crippen LogP contribution < -0.4 is 10.6 Å². The van der Waals surface area contributed by atoms with Crippen molar-refractivity contribution in [2.24, 2.45) is 0 Å². The van der Waals surface area contributed by atoms with Gasteiger partial charge < -0.3 is 15.4 Å². The fourth-order valence-electron chi connectivity index (χ4n) is 1.62. The lowest BCUT2D eigenvalue weighted by Crippen LogP contribution is -2.37. The van der Waals surface area contributed by atoms with Crippen LogP contribution in [-0.4, -0.2) is 25.3 Å². The minimum atomic E-state index is -0.917. The Morgan fingerprint density at radius 3 is 2.45 bits per heavy atom. The van der Waals surface area contributed by atoms with E-state index in [4.69, 9.17) is 4.74 Å². The van der Waals surface area contributed by atoms with Gasteiger partial charge in [-0.1, -0.05) is 6.07 Å². The number of halogens is 2. The molecule has 1 unspecified atom stereocenters. The maximum Gasteiger partial charge on any atom is 0.407 e. The zero-order valence-corrected chi connectivity index (χ0v) is 12.1. The normalized spacial score (nSPS) is 12.9. The third-order valence-electron chi connectivity index (χ3n) is 2.54. The second-order valence-corrected chi connectivity index (χ2v) is 5.40. The van der Waals surface area contributed by atoms with E-state index in [0.717, 1.165) is 12.1 Å². The number of carbonyl (C=O) groups excluding carboxylic acids is 1. The van der Waals surface area contributed by atoms with Crippen molar-refractivity contribution in [2.45, 2.75) is 32.4 Å². The van der Waals surface area contributed by atoms with Crippen LogP contribution >= 0.6 is 0 Å². The molecular weight excluding hydrogens is 266 g/mol. The Hall–Kier alpha value is -1.69. The maximum absolute atomic E-state index is 13.2. The van der Waals surface area contributed by atoms with Gasteiger partial charge in [0, 0.05) is 12.6 Å². The summed E-state index contributed by atoms with van der Waals surface area (Å²) in [7, 11) is 1.67. The first-order valence-electron chi connectivity index (χ1n) is 6.32. The second kappa shape index (κ2) is 6.65. The molecule has 112 valence electrons. The molecular formula is C14H20F2N2O2. The number of carbonyl (C=O) groups is 1. The number of benzene rings is 1. The topological polar surface area (TPSA) is 50.4 Å². The lowest BCUT2D eigenvalue weighted by Gasteiger charge is -2.22. The smallest absolute Gasteiger partial charge is 0.407 e. The predicted molar refractivity (Wildman–Crippen MR) is 72.4 cm³/mol. The van der Waals surface area contributed by atoms with E-state index in [1.54, 1.807) is 27.8 Å². The summed E-state index contributed by atoms with van der Waals surface area (Å²) in [6.07, 6.45) is -0.555. The van der Waals surface area contributed by atoms with Gasteiger partial charge in [0.15, 0.2) is 11.6 Å². The standard InChI is InChI=1S/C14H20F2N2O2/c1-14(2,3)20-13(19)18-8-12(17-4)9-5-6-10(15)11(16)7-9/h5-7,12,17H,8H2,1-4H3,(H,18,19). The van der Waals surface area contributed by atoms with E-state index >= 15 is 0 Å². The minimum absolute atomic E-state index is 0.205. The molecule has 1 aromatic rings. The minimum Gasteiger partial charge on any atom is -0.444 e. The fraction of sp³-hybridized carbons (Fsp3) is 0.500. The van der Waals surface area contributed by atoms with E-state index in [0.29, 0.717) is 5.56 Å².